The summed E-state index contributed by atoms with van der Waals surface area (Å²) in [6.07, 6.45) is 9.16. The van der Waals surface area contributed by atoms with E-state index in [1.54, 1.807) is 0 Å². The molecular weight excluding hydrogens is 308 g/mol. The monoisotopic (exact) mass is 334 g/mol. The van der Waals surface area contributed by atoms with Crippen LogP contribution >= 0.6 is 12.6 Å². The van der Waals surface area contributed by atoms with Crippen LogP contribution in [-0.2, 0) is 12.8 Å². The molecule has 1 aliphatic carbocycles. The minimum atomic E-state index is 0.584. The van der Waals surface area contributed by atoms with Gasteiger partial charge in [0, 0.05) is 0 Å². The van der Waals surface area contributed by atoms with Gasteiger partial charge >= 0.3 is 0 Å². The maximum atomic E-state index is 4.57. The summed E-state index contributed by atoms with van der Waals surface area (Å²) in [5.41, 5.74) is 7.05. The quantitative estimate of drug-likeness (QED) is 0.603. The predicted octanol–water partition coefficient (Wildman–Crippen LogP) is 6.14. The molecular formula is C23H26S. The standard InChI is InChI=1S/C23H26S/c1-18-6-5-9-23(14-18)22-12-10-20(11-13-22)16-21(17-24)15-19-7-3-2-4-8-19/h2-4,6-8,10-14,21,24H,5,9,15-17H2,1H3. The minimum absolute atomic E-state index is 0.584. The summed E-state index contributed by atoms with van der Waals surface area (Å²) in [7, 11) is 0. The molecule has 0 N–H and O–H groups in total. The summed E-state index contributed by atoms with van der Waals surface area (Å²) in [5.74, 6) is 1.51. The van der Waals surface area contributed by atoms with Gasteiger partial charge in [0.2, 0.25) is 0 Å². The molecule has 0 saturated carbocycles. The number of hydrogen-bond acceptors (Lipinski definition) is 1. The summed E-state index contributed by atoms with van der Waals surface area (Å²) in [6, 6.07) is 19.9. The second-order valence-corrected chi connectivity index (χ2v) is 7.16. The first-order valence-electron chi connectivity index (χ1n) is 8.86. The van der Waals surface area contributed by atoms with Crippen molar-refractivity contribution in [2.45, 2.75) is 32.6 Å². The number of benzene rings is 2. The highest BCUT2D eigenvalue weighted by Gasteiger charge is 2.10. The van der Waals surface area contributed by atoms with Gasteiger partial charge in [-0.1, -0.05) is 72.3 Å². The molecule has 1 aliphatic rings. The van der Waals surface area contributed by atoms with Crippen molar-refractivity contribution in [1.29, 1.82) is 0 Å². The van der Waals surface area contributed by atoms with Crippen molar-refractivity contribution in [2.24, 2.45) is 5.92 Å². The zero-order valence-electron chi connectivity index (χ0n) is 14.4. The van der Waals surface area contributed by atoms with Crippen molar-refractivity contribution in [3.05, 3.63) is 89.0 Å². The van der Waals surface area contributed by atoms with Gasteiger partial charge in [-0.15, -0.1) is 0 Å². The number of rotatable bonds is 6. The first-order chi connectivity index (χ1) is 11.7. The van der Waals surface area contributed by atoms with E-state index in [4.69, 9.17) is 0 Å². The Morgan fingerprint density at radius 3 is 2.21 bits per heavy atom. The van der Waals surface area contributed by atoms with Gasteiger partial charge in [0.25, 0.3) is 0 Å². The molecule has 24 heavy (non-hydrogen) atoms. The van der Waals surface area contributed by atoms with E-state index in [9.17, 15) is 0 Å². The number of thiol groups is 1. The Hall–Kier alpha value is -1.73. The van der Waals surface area contributed by atoms with Crippen LogP contribution in [0.15, 0.2) is 72.3 Å². The fourth-order valence-corrected chi connectivity index (χ4v) is 3.68. The molecule has 1 heteroatoms. The van der Waals surface area contributed by atoms with Crippen LogP contribution in [0.2, 0.25) is 0 Å². The molecule has 0 aliphatic heterocycles. The molecule has 0 aromatic heterocycles. The lowest BCUT2D eigenvalue weighted by Crippen LogP contribution is -2.10. The summed E-state index contributed by atoms with van der Waals surface area (Å²) in [6.45, 7) is 2.19. The van der Waals surface area contributed by atoms with Crippen LogP contribution in [0.3, 0.4) is 0 Å². The Kier molecular flexibility index (Phi) is 5.98. The zero-order chi connectivity index (χ0) is 16.8. The van der Waals surface area contributed by atoms with Gasteiger partial charge in [0.15, 0.2) is 0 Å². The molecule has 2 aromatic carbocycles. The Bertz CT molecular complexity index is 707. The van der Waals surface area contributed by atoms with Crippen molar-refractivity contribution in [3.8, 4) is 0 Å². The summed E-state index contributed by atoms with van der Waals surface area (Å²) < 4.78 is 0. The third-order valence-corrected chi connectivity index (χ3v) is 5.27. The van der Waals surface area contributed by atoms with Crippen molar-refractivity contribution < 1.29 is 0 Å². The van der Waals surface area contributed by atoms with E-state index < -0.39 is 0 Å². The zero-order valence-corrected chi connectivity index (χ0v) is 15.3. The normalized spacial score (nSPS) is 15.6. The van der Waals surface area contributed by atoms with Crippen LogP contribution < -0.4 is 0 Å². The number of hydrogen-bond donors (Lipinski definition) is 1. The highest BCUT2D eigenvalue weighted by Crippen LogP contribution is 2.27. The van der Waals surface area contributed by atoms with E-state index in [2.05, 4.69) is 86.3 Å². The Morgan fingerprint density at radius 2 is 1.58 bits per heavy atom. The molecule has 1 atom stereocenters. The van der Waals surface area contributed by atoms with Crippen LogP contribution in [0.1, 0.15) is 36.5 Å². The highest BCUT2D eigenvalue weighted by molar-refractivity contribution is 7.80. The lowest BCUT2D eigenvalue weighted by Gasteiger charge is -2.16. The van der Waals surface area contributed by atoms with Crippen LogP contribution in [0, 0.1) is 5.92 Å². The maximum Gasteiger partial charge on any atom is -0.00631 e. The second kappa shape index (κ2) is 8.39. The van der Waals surface area contributed by atoms with Gasteiger partial charge in [-0.2, -0.15) is 12.6 Å². The van der Waals surface area contributed by atoms with Gasteiger partial charge < -0.3 is 0 Å². The van der Waals surface area contributed by atoms with E-state index in [1.165, 1.54) is 27.8 Å². The van der Waals surface area contributed by atoms with Crippen LogP contribution in [0.25, 0.3) is 5.57 Å². The first kappa shape index (κ1) is 17.1. The van der Waals surface area contributed by atoms with E-state index >= 15 is 0 Å². The predicted molar refractivity (Wildman–Crippen MR) is 109 cm³/mol. The van der Waals surface area contributed by atoms with Gasteiger partial charge in [-0.05, 0) is 66.5 Å². The third kappa shape index (κ3) is 4.64. The first-order valence-corrected chi connectivity index (χ1v) is 9.49. The van der Waals surface area contributed by atoms with E-state index in [1.807, 2.05) is 0 Å². The van der Waals surface area contributed by atoms with Crippen molar-refractivity contribution in [3.63, 3.8) is 0 Å². The summed E-state index contributed by atoms with van der Waals surface area (Å²) in [5, 5.41) is 0. The molecule has 124 valence electrons. The van der Waals surface area contributed by atoms with E-state index in [-0.39, 0.29) is 0 Å². The van der Waals surface area contributed by atoms with Crippen LogP contribution in [-0.4, -0.2) is 5.75 Å². The number of allylic oxidation sites excluding steroid dienone is 4. The van der Waals surface area contributed by atoms with Crippen LogP contribution in [0.5, 0.6) is 0 Å². The van der Waals surface area contributed by atoms with Gasteiger partial charge in [-0.3, -0.25) is 0 Å². The second-order valence-electron chi connectivity index (χ2n) is 6.80. The lowest BCUT2D eigenvalue weighted by atomic mass is 9.91. The van der Waals surface area contributed by atoms with Gasteiger partial charge in [0.05, 0.1) is 0 Å². The highest BCUT2D eigenvalue weighted by atomic mass is 32.1. The fourth-order valence-electron chi connectivity index (χ4n) is 3.43. The van der Waals surface area contributed by atoms with Crippen molar-refractivity contribution in [1.82, 2.24) is 0 Å². The van der Waals surface area contributed by atoms with Crippen molar-refractivity contribution in [2.75, 3.05) is 5.75 Å². The molecule has 0 bridgehead atoms. The van der Waals surface area contributed by atoms with E-state index in [0.717, 1.165) is 31.4 Å². The molecule has 1 unspecified atom stereocenters. The molecule has 0 amide bonds. The topological polar surface area (TPSA) is 0 Å². The van der Waals surface area contributed by atoms with E-state index in [0.29, 0.717) is 5.92 Å². The fraction of sp³-hybridized carbons (Fsp3) is 0.304. The van der Waals surface area contributed by atoms with Gasteiger partial charge in [-0.25, -0.2) is 0 Å². The smallest absolute Gasteiger partial charge is 0.00631 e. The third-order valence-electron chi connectivity index (χ3n) is 4.76. The molecule has 0 nitrogen and oxygen atoms in total. The summed E-state index contributed by atoms with van der Waals surface area (Å²) in [4.78, 5) is 0. The SMILES string of the molecule is CC1=CCCC(c2ccc(CC(CS)Cc3ccccc3)cc2)=C1. The Labute approximate surface area is 151 Å². The lowest BCUT2D eigenvalue weighted by molar-refractivity contribution is 0.589. The Balaban J connectivity index is 1.66. The van der Waals surface area contributed by atoms with Gasteiger partial charge in [0.1, 0.15) is 0 Å². The molecule has 2 aromatic rings. The Morgan fingerprint density at radius 1 is 0.917 bits per heavy atom. The molecule has 0 fully saturated rings. The maximum absolute atomic E-state index is 4.57. The van der Waals surface area contributed by atoms with Crippen LogP contribution in [0.4, 0.5) is 0 Å². The summed E-state index contributed by atoms with van der Waals surface area (Å²) >= 11 is 4.57. The molecule has 0 heterocycles. The average Bonchev–Trinajstić information content (AvgIpc) is 2.62. The molecule has 3 rings (SSSR count). The molecule has 0 saturated heterocycles. The van der Waals surface area contributed by atoms with Crippen molar-refractivity contribution >= 4 is 18.2 Å². The minimum Gasteiger partial charge on any atom is -0.179 e. The molecule has 0 radical (unpaired) electrons. The largest absolute Gasteiger partial charge is 0.179 e. The average molecular weight is 335 g/mol. The molecule has 0 spiro atoms.